The smallest absolute Gasteiger partial charge is 0.182 e. The average molecular weight is 351 g/mol. The number of hydrogen-bond acceptors (Lipinski definition) is 5. The van der Waals surface area contributed by atoms with E-state index >= 15 is 0 Å². The van der Waals surface area contributed by atoms with Crippen LogP contribution in [0, 0.1) is 0 Å². The molecule has 0 spiro atoms. The topological polar surface area (TPSA) is 89.6 Å². The SMILES string of the molecule is Clc1cnn(Cc2ccc(-c3nc4c5cn[nH]c5ncn4n3)cc2)c1. The Labute approximate surface area is 146 Å². The maximum atomic E-state index is 5.89. The van der Waals surface area contributed by atoms with Crippen molar-refractivity contribution < 1.29 is 0 Å². The minimum Gasteiger partial charge on any atom is -0.267 e. The van der Waals surface area contributed by atoms with E-state index in [2.05, 4.69) is 30.4 Å². The molecular formula is C16H11ClN8. The lowest BCUT2D eigenvalue weighted by Gasteiger charge is -2.02. The summed E-state index contributed by atoms with van der Waals surface area (Å²) < 4.78 is 3.45. The van der Waals surface area contributed by atoms with Gasteiger partial charge in [-0.3, -0.25) is 9.78 Å². The van der Waals surface area contributed by atoms with Crippen LogP contribution in [0.2, 0.25) is 5.02 Å². The maximum absolute atomic E-state index is 5.89. The molecule has 5 rings (SSSR count). The molecule has 0 aliphatic heterocycles. The van der Waals surface area contributed by atoms with Crippen LogP contribution >= 0.6 is 11.6 Å². The molecular weight excluding hydrogens is 340 g/mol. The fourth-order valence-electron chi connectivity index (χ4n) is 2.73. The van der Waals surface area contributed by atoms with Crippen LogP contribution in [-0.2, 0) is 6.54 Å². The van der Waals surface area contributed by atoms with Gasteiger partial charge in [-0.1, -0.05) is 35.9 Å². The molecule has 0 aliphatic rings. The second-order valence-corrected chi connectivity index (χ2v) is 6.07. The van der Waals surface area contributed by atoms with E-state index in [1.807, 2.05) is 24.3 Å². The number of H-pyrrole nitrogens is 1. The summed E-state index contributed by atoms with van der Waals surface area (Å²) in [5.41, 5.74) is 3.47. The second-order valence-electron chi connectivity index (χ2n) is 5.63. The van der Waals surface area contributed by atoms with Crippen LogP contribution < -0.4 is 0 Å². The van der Waals surface area contributed by atoms with Crippen molar-refractivity contribution >= 4 is 28.3 Å². The van der Waals surface area contributed by atoms with Crippen molar-refractivity contribution in [1.82, 2.24) is 39.6 Å². The summed E-state index contributed by atoms with van der Waals surface area (Å²) >= 11 is 5.89. The van der Waals surface area contributed by atoms with Crippen LogP contribution in [0.25, 0.3) is 28.1 Å². The van der Waals surface area contributed by atoms with Crippen LogP contribution in [0.1, 0.15) is 5.56 Å². The van der Waals surface area contributed by atoms with Gasteiger partial charge in [0, 0.05) is 11.8 Å². The van der Waals surface area contributed by atoms with Gasteiger partial charge >= 0.3 is 0 Å². The summed E-state index contributed by atoms with van der Waals surface area (Å²) in [6.45, 7) is 0.658. The molecule has 25 heavy (non-hydrogen) atoms. The molecule has 1 aromatic carbocycles. The Morgan fingerprint density at radius 1 is 1.12 bits per heavy atom. The van der Waals surface area contributed by atoms with Crippen LogP contribution in [0.15, 0.2) is 49.2 Å². The average Bonchev–Trinajstić information content (AvgIpc) is 3.33. The van der Waals surface area contributed by atoms with Crippen molar-refractivity contribution in [1.29, 1.82) is 0 Å². The third-order valence-electron chi connectivity index (χ3n) is 3.95. The number of aromatic nitrogens is 8. The number of benzene rings is 1. The van der Waals surface area contributed by atoms with Crippen LogP contribution in [-0.4, -0.2) is 39.6 Å². The Morgan fingerprint density at radius 3 is 2.80 bits per heavy atom. The first-order valence-corrected chi connectivity index (χ1v) is 7.96. The zero-order valence-corrected chi connectivity index (χ0v) is 13.6. The zero-order chi connectivity index (χ0) is 16.8. The molecule has 0 atom stereocenters. The number of nitrogens with one attached hydrogen (secondary N) is 1. The monoisotopic (exact) mass is 350 g/mol. The third-order valence-corrected chi connectivity index (χ3v) is 4.14. The highest BCUT2D eigenvalue weighted by Crippen LogP contribution is 2.20. The molecule has 0 aliphatic carbocycles. The van der Waals surface area contributed by atoms with E-state index in [1.165, 1.54) is 0 Å². The molecule has 0 saturated heterocycles. The number of fused-ring (bicyclic) bond motifs is 3. The van der Waals surface area contributed by atoms with Crippen molar-refractivity contribution in [3.63, 3.8) is 0 Å². The first-order chi connectivity index (χ1) is 12.3. The molecule has 4 heterocycles. The van der Waals surface area contributed by atoms with E-state index in [1.54, 1.807) is 34.1 Å². The number of rotatable bonds is 3. The molecule has 8 nitrogen and oxygen atoms in total. The van der Waals surface area contributed by atoms with Gasteiger partial charge in [0.25, 0.3) is 0 Å². The van der Waals surface area contributed by atoms with Gasteiger partial charge in [-0.05, 0) is 5.56 Å². The predicted molar refractivity (Wildman–Crippen MR) is 92.2 cm³/mol. The van der Waals surface area contributed by atoms with Gasteiger partial charge in [0.2, 0.25) is 0 Å². The number of halogens is 1. The molecule has 0 fully saturated rings. The van der Waals surface area contributed by atoms with E-state index in [4.69, 9.17) is 11.6 Å². The quantitative estimate of drug-likeness (QED) is 0.540. The highest BCUT2D eigenvalue weighted by atomic mass is 35.5. The standard InChI is InChI=1S/C16H11ClN8/c17-12-5-20-24(8-12)7-10-1-3-11(4-2-10)14-21-16-13-6-19-22-15(13)18-9-25(16)23-14/h1-6,8-9H,7H2,(H,19,22). The van der Waals surface area contributed by atoms with Crippen LogP contribution in [0.4, 0.5) is 0 Å². The Morgan fingerprint density at radius 2 is 2.00 bits per heavy atom. The summed E-state index contributed by atoms with van der Waals surface area (Å²) in [5, 5.41) is 17.0. The molecule has 122 valence electrons. The summed E-state index contributed by atoms with van der Waals surface area (Å²) in [5.74, 6) is 0.643. The molecule has 0 amide bonds. The van der Waals surface area contributed by atoms with Crippen LogP contribution in [0.3, 0.4) is 0 Å². The second kappa shape index (κ2) is 5.38. The first-order valence-electron chi connectivity index (χ1n) is 7.58. The highest BCUT2D eigenvalue weighted by Gasteiger charge is 2.11. The Balaban J connectivity index is 1.49. The number of hydrogen-bond donors (Lipinski definition) is 1. The van der Waals surface area contributed by atoms with Gasteiger partial charge in [0.1, 0.15) is 6.33 Å². The van der Waals surface area contributed by atoms with Crippen molar-refractivity contribution in [2.75, 3.05) is 0 Å². The van der Waals surface area contributed by atoms with Gasteiger partial charge in [-0.2, -0.15) is 10.2 Å². The van der Waals surface area contributed by atoms with E-state index in [-0.39, 0.29) is 0 Å². The summed E-state index contributed by atoms with van der Waals surface area (Å²) in [6.07, 6.45) is 6.75. The maximum Gasteiger partial charge on any atom is 0.182 e. The lowest BCUT2D eigenvalue weighted by atomic mass is 10.1. The molecule has 0 saturated carbocycles. The van der Waals surface area contributed by atoms with Gasteiger partial charge in [-0.15, -0.1) is 5.10 Å². The third kappa shape index (κ3) is 2.43. The largest absolute Gasteiger partial charge is 0.267 e. The van der Waals surface area contributed by atoms with E-state index in [0.29, 0.717) is 23.0 Å². The van der Waals surface area contributed by atoms with Gasteiger partial charge in [0.05, 0.1) is 29.3 Å². The normalized spacial score (nSPS) is 11.6. The fourth-order valence-corrected chi connectivity index (χ4v) is 2.89. The van der Waals surface area contributed by atoms with E-state index < -0.39 is 0 Å². The molecule has 0 bridgehead atoms. The Kier molecular flexibility index (Phi) is 3.04. The summed E-state index contributed by atoms with van der Waals surface area (Å²) in [7, 11) is 0. The fraction of sp³-hybridized carbons (Fsp3) is 0.0625. The zero-order valence-electron chi connectivity index (χ0n) is 12.8. The molecule has 4 aromatic heterocycles. The van der Waals surface area contributed by atoms with Crippen molar-refractivity contribution in [3.8, 4) is 11.4 Å². The van der Waals surface area contributed by atoms with E-state index in [0.717, 1.165) is 22.2 Å². The predicted octanol–water partition coefficient (Wildman–Crippen LogP) is 2.57. The molecule has 0 radical (unpaired) electrons. The van der Waals surface area contributed by atoms with E-state index in [9.17, 15) is 0 Å². The van der Waals surface area contributed by atoms with Gasteiger partial charge < -0.3 is 0 Å². The van der Waals surface area contributed by atoms with Crippen molar-refractivity contribution in [3.05, 3.63) is 59.8 Å². The minimum absolute atomic E-state index is 0.629. The van der Waals surface area contributed by atoms with Gasteiger partial charge in [-0.25, -0.2) is 14.5 Å². The summed E-state index contributed by atoms with van der Waals surface area (Å²) in [6, 6.07) is 8.05. The minimum atomic E-state index is 0.629. The number of aromatic amines is 1. The number of nitrogens with zero attached hydrogens (tertiary/aromatic N) is 7. The molecule has 5 aromatic rings. The lowest BCUT2D eigenvalue weighted by molar-refractivity contribution is 0.687. The van der Waals surface area contributed by atoms with Crippen molar-refractivity contribution in [2.45, 2.75) is 6.54 Å². The molecule has 1 N–H and O–H groups in total. The Hall–Kier alpha value is -3.26. The molecule has 9 heteroatoms. The molecule has 0 unspecified atom stereocenters. The first kappa shape index (κ1) is 14.1. The van der Waals surface area contributed by atoms with Crippen LogP contribution in [0.5, 0.6) is 0 Å². The highest BCUT2D eigenvalue weighted by molar-refractivity contribution is 6.30. The summed E-state index contributed by atoms with van der Waals surface area (Å²) in [4.78, 5) is 8.88. The lowest BCUT2D eigenvalue weighted by Crippen LogP contribution is -1.99. The Bertz CT molecular complexity index is 1180. The van der Waals surface area contributed by atoms with Crippen molar-refractivity contribution in [2.24, 2.45) is 0 Å². The van der Waals surface area contributed by atoms with Gasteiger partial charge in [0.15, 0.2) is 17.1 Å².